The molecule has 6 rings (SSSR count). The van der Waals surface area contributed by atoms with Crippen molar-refractivity contribution in [3.8, 4) is 0 Å². The van der Waals surface area contributed by atoms with Crippen molar-refractivity contribution in [2.45, 2.75) is 18.5 Å². The van der Waals surface area contributed by atoms with E-state index in [1.54, 1.807) is 11.1 Å². The van der Waals surface area contributed by atoms with E-state index in [0.717, 1.165) is 0 Å². The van der Waals surface area contributed by atoms with E-state index < -0.39 is 15.8 Å². The van der Waals surface area contributed by atoms with Crippen molar-refractivity contribution in [1.29, 1.82) is 0 Å². The van der Waals surface area contributed by atoms with Crippen molar-refractivity contribution in [2.24, 2.45) is 0 Å². The minimum absolute atomic E-state index is 0.507. The Hall–Kier alpha value is -3.04. The monoisotopic (exact) mass is 486 g/mol. The van der Waals surface area contributed by atoms with E-state index in [9.17, 15) is 0 Å². The van der Waals surface area contributed by atoms with E-state index >= 15 is 0 Å². The lowest BCUT2D eigenvalue weighted by atomic mass is 10.1. The van der Waals surface area contributed by atoms with Gasteiger partial charge in [-0.1, -0.05) is 140 Å². The van der Waals surface area contributed by atoms with E-state index in [0.29, 0.717) is 5.66 Å². The summed E-state index contributed by atoms with van der Waals surface area (Å²) in [5, 5.41) is 7.35. The van der Waals surface area contributed by atoms with Crippen LogP contribution in [0, 0.1) is 0 Å². The van der Waals surface area contributed by atoms with E-state index in [4.69, 9.17) is 0 Å². The summed E-state index contributed by atoms with van der Waals surface area (Å²) >= 11 is 0. The van der Waals surface area contributed by atoms with Crippen molar-refractivity contribution in [1.82, 2.24) is 0 Å². The average molecular weight is 487 g/mol. The summed E-state index contributed by atoms with van der Waals surface area (Å²) in [6.45, 7) is 0. The SMILES string of the molecule is c1ccc(P(c2ccccc2)c2cccc3c2[C@@H](P(c2ccccc2)c2ccccc2)CC3)cc1. The lowest BCUT2D eigenvalue weighted by Gasteiger charge is -2.30. The molecular weight excluding hydrogens is 458 g/mol. The van der Waals surface area contributed by atoms with Crippen LogP contribution in [0.15, 0.2) is 140 Å². The number of rotatable bonds is 6. The average Bonchev–Trinajstić information content (AvgIpc) is 3.36. The molecule has 5 aromatic carbocycles. The first kappa shape index (κ1) is 22.4. The second-order valence-electron chi connectivity index (χ2n) is 8.95. The van der Waals surface area contributed by atoms with Crippen LogP contribution in [0.3, 0.4) is 0 Å². The molecular formula is C33H28P2. The van der Waals surface area contributed by atoms with Crippen molar-refractivity contribution in [3.05, 3.63) is 151 Å². The summed E-state index contributed by atoms with van der Waals surface area (Å²) in [7, 11) is -1.13. The van der Waals surface area contributed by atoms with Gasteiger partial charge in [0.05, 0.1) is 0 Å². The summed E-state index contributed by atoms with van der Waals surface area (Å²) < 4.78 is 0. The summed E-state index contributed by atoms with van der Waals surface area (Å²) in [5.74, 6) is 0. The van der Waals surface area contributed by atoms with E-state index in [1.165, 1.54) is 39.4 Å². The van der Waals surface area contributed by atoms with Gasteiger partial charge >= 0.3 is 0 Å². The van der Waals surface area contributed by atoms with Crippen LogP contribution < -0.4 is 26.5 Å². The zero-order valence-corrected chi connectivity index (χ0v) is 21.5. The van der Waals surface area contributed by atoms with Gasteiger partial charge in [0.1, 0.15) is 0 Å². The van der Waals surface area contributed by atoms with Gasteiger partial charge in [-0.15, -0.1) is 0 Å². The molecule has 0 nitrogen and oxygen atoms in total. The van der Waals surface area contributed by atoms with Gasteiger partial charge in [-0.2, -0.15) is 0 Å². The Morgan fingerprint density at radius 1 is 0.457 bits per heavy atom. The van der Waals surface area contributed by atoms with Gasteiger partial charge in [-0.05, 0) is 66.3 Å². The fourth-order valence-corrected chi connectivity index (χ4v) is 11.0. The molecule has 0 N–H and O–H groups in total. The van der Waals surface area contributed by atoms with Crippen LogP contribution in [0.25, 0.3) is 0 Å². The molecule has 0 aliphatic heterocycles. The number of fused-ring (bicyclic) bond motifs is 1. The maximum atomic E-state index is 2.42. The quantitative estimate of drug-likeness (QED) is 0.238. The van der Waals surface area contributed by atoms with E-state index in [1.807, 2.05) is 0 Å². The van der Waals surface area contributed by atoms with Crippen molar-refractivity contribution >= 4 is 42.4 Å². The molecule has 1 aliphatic rings. The molecule has 0 bridgehead atoms. The van der Waals surface area contributed by atoms with Gasteiger partial charge in [0.15, 0.2) is 0 Å². The molecule has 1 atom stereocenters. The van der Waals surface area contributed by atoms with Crippen LogP contribution in [0.5, 0.6) is 0 Å². The van der Waals surface area contributed by atoms with E-state index in [2.05, 4.69) is 140 Å². The molecule has 35 heavy (non-hydrogen) atoms. The van der Waals surface area contributed by atoms with Gasteiger partial charge in [0.2, 0.25) is 0 Å². The van der Waals surface area contributed by atoms with Gasteiger partial charge < -0.3 is 0 Å². The zero-order chi connectivity index (χ0) is 23.5. The van der Waals surface area contributed by atoms with E-state index in [-0.39, 0.29) is 0 Å². The summed E-state index contributed by atoms with van der Waals surface area (Å²) in [6, 6.07) is 51.9. The van der Waals surface area contributed by atoms with Crippen LogP contribution in [-0.4, -0.2) is 0 Å². The molecule has 0 radical (unpaired) electrons. The largest absolute Gasteiger partial charge is 0.0622 e. The summed E-state index contributed by atoms with van der Waals surface area (Å²) in [6.07, 6.45) is 2.38. The molecule has 0 spiro atoms. The fourth-order valence-electron chi connectivity index (χ4n) is 5.36. The maximum absolute atomic E-state index is 2.42. The Morgan fingerprint density at radius 2 is 0.914 bits per heavy atom. The molecule has 0 saturated carbocycles. The van der Waals surface area contributed by atoms with Crippen molar-refractivity contribution < 1.29 is 0 Å². The topological polar surface area (TPSA) is 0 Å². The van der Waals surface area contributed by atoms with Crippen LogP contribution in [0.1, 0.15) is 23.2 Å². The highest BCUT2D eigenvalue weighted by Gasteiger charge is 2.35. The van der Waals surface area contributed by atoms with Crippen LogP contribution >= 0.6 is 15.8 Å². The highest BCUT2D eigenvalue weighted by atomic mass is 31.1. The van der Waals surface area contributed by atoms with Crippen LogP contribution in [0.2, 0.25) is 0 Å². The molecule has 1 aliphatic carbocycles. The predicted octanol–water partition coefficient (Wildman–Crippen LogP) is 6.57. The first-order valence-electron chi connectivity index (χ1n) is 12.3. The standard InChI is InChI=1S/C33H28P2/c1-5-15-27(16-6-1)34(28-17-7-2-8-18-28)31-23-13-14-26-24-25-32(33(26)31)35(29-19-9-3-10-20-29)30-21-11-4-12-22-30/h1-23,32H,24-25H2/t32-/m0/s1. The molecule has 0 fully saturated rings. The van der Waals surface area contributed by atoms with Gasteiger partial charge in [-0.3, -0.25) is 0 Å². The number of benzene rings is 5. The Labute approximate surface area is 211 Å². The minimum Gasteiger partial charge on any atom is -0.0622 e. The first-order chi connectivity index (χ1) is 17.4. The lowest BCUT2D eigenvalue weighted by molar-refractivity contribution is 0.886. The third-order valence-corrected chi connectivity index (χ3v) is 12.2. The van der Waals surface area contributed by atoms with Gasteiger partial charge in [-0.25, -0.2) is 0 Å². The Kier molecular flexibility index (Phi) is 6.60. The van der Waals surface area contributed by atoms with Crippen LogP contribution in [-0.2, 0) is 6.42 Å². The molecule has 170 valence electrons. The molecule has 0 aromatic heterocycles. The normalized spacial score (nSPS) is 14.9. The second-order valence-corrected chi connectivity index (χ2v) is 13.5. The lowest BCUT2D eigenvalue weighted by Crippen LogP contribution is -2.25. The minimum atomic E-state index is -0.628. The molecule has 0 amide bonds. The highest BCUT2D eigenvalue weighted by Crippen LogP contribution is 2.56. The predicted molar refractivity (Wildman–Crippen MR) is 155 cm³/mol. The Morgan fingerprint density at radius 3 is 1.40 bits per heavy atom. The number of hydrogen-bond donors (Lipinski definition) is 0. The number of hydrogen-bond acceptors (Lipinski definition) is 0. The van der Waals surface area contributed by atoms with Crippen molar-refractivity contribution in [2.75, 3.05) is 0 Å². The van der Waals surface area contributed by atoms with Crippen LogP contribution in [0.4, 0.5) is 0 Å². The Bertz CT molecular complexity index is 1300. The van der Waals surface area contributed by atoms with Gasteiger partial charge in [0.25, 0.3) is 0 Å². The molecule has 0 unspecified atom stereocenters. The molecule has 0 saturated heterocycles. The highest BCUT2D eigenvalue weighted by molar-refractivity contribution is 7.80. The molecule has 2 heteroatoms. The summed E-state index contributed by atoms with van der Waals surface area (Å²) in [5.41, 5.74) is 3.69. The second kappa shape index (κ2) is 10.3. The Balaban J connectivity index is 1.55. The summed E-state index contributed by atoms with van der Waals surface area (Å²) in [4.78, 5) is 0. The third-order valence-electron chi connectivity index (χ3n) is 6.84. The molecule has 5 aromatic rings. The fraction of sp³-hybridized carbons (Fsp3) is 0.0909. The first-order valence-corrected chi connectivity index (χ1v) is 15.1. The van der Waals surface area contributed by atoms with Gasteiger partial charge in [0, 0.05) is 5.66 Å². The molecule has 0 heterocycles. The smallest absolute Gasteiger partial charge is 0.0134 e. The third kappa shape index (κ3) is 4.50. The number of aryl methyl sites for hydroxylation is 1. The maximum Gasteiger partial charge on any atom is 0.0134 e. The van der Waals surface area contributed by atoms with Crippen molar-refractivity contribution in [3.63, 3.8) is 0 Å². The zero-order valence-electron chi connectivity index (χ0n) is 19.7.